The van der Waals surface area contributed by atoms with Crippen molar-refractivity contribution >= 4 is 31.6 Å². The molecule has 0 aliphatic carbocycles. The van der Waals surface area contributed by atoms with Crippen molar-refractivity contribution in [3.63, 3.8) is 0 Å². The first-order valence-corrected chi connectivity index (χ1v) is 9.07. The molecule has 6 heteroatoms. The van der Waals surface area contributed by atoms with Gasteiger partial charge in [0, 0.05) is 16.2 Å². The summed E-state index contributed by atoms with van der Waals surface area (Å²) in [5, 5.41) is 0. The van der Waals surface area contributed by atoms with E-state index in [0.717, 1.165) is 19.3 Å². The van der Waals surface area contributed by atoms with Crippen molar-refractivity contribution in [2.45, 2.75) is 51.0 Å². The van der Waals surface area contributed by atoms with Crippen molar-refractivity contribution < 1.29 is 8.42 Å². The van der Waals surface area contributed by atoms with Gasteiger partial charge in [-0.1, -0.05) is 26.7 Å². The second-order valence-electron chi connectivity index (χ2n) is 5.53. The average Bonchev–Trinajstić information content (AvgIpc) is 2.31. The van der Waals surface area contributed by atoms with Crippen molar-refractivity contribution in [3.05, 3.63) is 22.7 Å². The molecule has 0 radical (unpaired) electrons. The van der Waals surface area contributed by atoms with Crippen LogP contribution in [0.4, 0.5) is 5.69 Å². The zero-order chi connectivity index (χ0) is 15.3. The molecule has 3 N–H and O–H groups in total. The van der Waals surface area contributed by atoms with E-state index in [9.17, 15) is 8.42 Å². The molecule has 0 fully saturated rings. The van der Waals surface area contributed by atoms with Crippen molar-refractivity contribution in [1.82, 2.24) is 4.72 Å². The molecule has 0 saturated carbocycles. The summed E-state index contributed by atoms with van der Waals surface area (Å²) >= 11 is 3.25. The molecule has 0 amide bonds. The van der Waals surface area contributed by atoms with Gasteiger partial charge in [0.1, 0.15) is 0 Å². The highest BCUT2D eigenvalue weighted by Gasteiger charge is 2.18. The van der Waals surface area contributed by atoms with E-state index >= 15 is 0 Å². The minimum atomic E-state index is -3.48. The van der Waals surface area contributed by atoms with Gasteiger partial charge in [0.2, 0.25) is 10.0 Å². The van der Waals surface area contributed by atoms with Crippen molar-refractivity contribution in [2.75, 3.05) is 5.73 Å². The number of hydrogen-bond donors (Lipinski definition) is 2. The number of halogens is 1. The van der Waals surface area contributed by atoms with Crippen LogP contribution in [0.25, 0.3) is 0 Å². The molecule has 0 spiro atoms. The highest BCUT2D eigenvalue weighted by molar-refractivity contribution is 9.10. The molecule has 0 aromatic heterocycles. The summed E-state index contributed by atoms with van der Waals surface area (Å²) in [5.41, 5.74) is 6.19. The van der Waals surface area contributed by atoms with Gasteiger partial charge in [0.05, 0.1) is 4.90 Å². The maximum absolute atomic E-state index is 12.2. The lowest BCUT2D eigenvalue weighted by Gasteiger charge is -2.15. The second-order valence-corrected chi connectivity index (χ2v) is 8.10. The average molecular weight is 363 g/mol. The van der Waals surface area contributed by atoms with Crippen LogP contribution in [0, 0.1) is 5.92 Å². The third-order valence-corrected chi connectivity index (χ3v) is 5.33. The van der Waals surface area contributed by atoms with E-state index in [-0.39, 0.29) is 10.9 Å². The zero-order valence-electron chi connectivity index (χ0n) is 12.2. The Labute approximate surface area is 130 Å². The molecular formula is C14H23BrN2O2S. The van der Waals surface area contributed by atoms with E-state index < -0.39 is 10.0 Å². The van der Waals surface area contributed by atoms with Crippen LogP contribution in [0.5, 0.6) is 0 Å². The molecular weight excluding hydrogens is 340 g/mol. The van der Waals surface area contributed by atoms with Crippen molar-refractivity contribution in [3.8, 4) is 0 Å². The third kappa shape index (κ3) is 5.42. The Kier molecular flexibility index (Phi) is 6.48. The fourth-order valence-corrected chi connectivity index (χ4v) is 3.73. The summed E-state index contributed by atoms with van der Waals surface area (Å²) in [5.74, 6) is 0.645. The summed E-state index contributed by atoms with van der Waals surface area (Å²) in [6.45, 7) is 6.23. The maximum Gasteiger partial charge on any atom is 0.240 e. The van der Waals surface area contributed by atoms with Gasteiger partial charge in [0.25, 0.3) is 0 Å². The highest BCUT2D eigenvalue weighted by atomic mass is 79.9. The van der Waals surface area contributed by atoms with Gasteiger partial charge in [-0.05, 0) is 53.4 Å². The summed E-state index contributed by atoms with van der Waals surface area (Å²) < 4.78 is 27.8. The molecule has 1 rings (SSSR count). The lowest BCUT2D eigenvalue weighted by Crippen LogP contribution is -2.32. The van der Waals surface area contributed by atoms with Gasteiger partial charge in [-0.2, -0.15) is 0 Å². The molecule has 114 valence electrons. The smallest absolute Gasteiger partial charge is 0.240 e. The number of nitrogen functional groups attached to an aromatic ring is 1. The first-order chi connectivity index (χ1) is 9.22. The first-order valence-electron chi connectivity index (χ1n) is 6.79. The molecule has 1 aromatic carbocycles. The van der Waals surface area contributed by atoms with E-state index in [0.29, 0.717) is 16.1 Å². The van der Waals surface area contributed by atoms with Crippen LogP contribution in [0.15, 0.2) is 27.6 Å². The number of hydrogen-bond acceptors (Lipinski definition) is 3. The normalized spacial score (nSPS) is 13.7. The van der Waals surface area contributed by atoms with Gasteiger partial charge in [-0.25, -0.2) is 13.1 Å². The molecule has 20 heavy (non-hydrogen) atoms. The molecule has 0 saturated heterocycles. The van der Waals surface area contributed by atoms with Crippen LogP contribution in [0.3, 0.4) is 0 Å². The van der Waals surface area contributed by atoms with Gasteiger partial charge >= 0.3 is 0 Å². The number of nitrogens with one attached hydrogen (secondary N) is 1. The van der Waals surface area contributed by atoms with Gasteiger partial charge in [0.15, 0.2) is 0 Å². The molecule has 0 bridgehead atoms. The molecule has 0 heterocycles. The van der Waals surface area contributed by atoms with Gasteiger partial charge < -0.3 is 5.73 Å². The topological polar surface area (TPSA) is 72.2 Å². The van der Waals surface area contributed by atoms with E-state index in [4.69, 9.17) is 5.73 Å². The van der Waals surface area contributed by atoms with Crippen LogP contribution in [-0.4, -0.2) is 14.5 Å². The van der Waals surface area contributed by atoms with E-state index in [1.54, 1.807) is 6.07 Å². The number of nitrogens with two attached hydrogens (primary N) is 1. The lowest BCUT2D eigenvalue weighted by atomic mass is 10.0. The van der Waals surface area contributed by atoms with Crippen LogP contribution in [-0.2, 0) is 10.0 Å². The monoisotopic (exact) mass is 362 g/mol. The Bertz CT molecular complexity index is 544. The summed E-state index contributed by atoms with van der Waals surface area (Å²) in [6, 6.07) is 4.55. The van der Waals surface area contributed by atoms with E-state index in [1.807, 2.05) is 6.92 Å². The quantitative estimate of drug-likeness (QED) is 0.728. The minimum Gasteiger partial charge on any atom is -0.398 e. The van der Waals surface area contributed by atoms with Crippen LogP contribution in [0.1, 0.15) is 40.0 Å². The number of sulfonamides is 1. The first kappa shape index (κ1) is 17.5. The van der Waals surface area contributed by atoms with Crippen LogP contribution >= 0.6 is 15.9 Å². The second kappa shape index (κ2) is 7.43. The van der Waals surface area contributed by atoms with Gasteiger partial charge in [-0.15, -0.1) is 0 Å². The Morgan fingerprint density at radius 2 is 1.90 bits per heavy atom. The summed E-state index contributed by atoms with van der Waals surface area (Å²) in [4.78, 5) is 0.231. The van der Waals surface area contributed by atoms with Crippen molar-refractivity contribution in [2.24, 2.45) is 5.92 Å². The molecule has 1 unspecified atom stereocenters. The lowest BCUT2D eigenvalue weighted by molar-refractivity contribution is 0.488. The number of anilines is 1. The Hall–Kier alpha value is -0.590. The molecule has 1 atom stereocenters. The minimum absolute atomic E-state index is 0.0740. The SMILES string of the molecule is CC(C)CCCC(C)NS(=O)(=O)c1ccc(N)c(Br)c1. The molecule has 1 aromatic rings. The summed E-state index contributed by atoms with van der Waals surface area (Å²) in [7, 11) is -3.48. The van der Waals surface area contributed by atoms with Crippen LogP contribution in [0.2, 0.25) is 0 Å². The zero-order valence-corrected chi connectivity index (χ0v) is 14.6. The Morgan fingerprint density at radius 1 is 1.25 bits per heavy atom. The number of benzene rings is 1. The Balaban J connectivity index is 2.67. The largest absolute Gasteiger partial charge is 0.398 e. The molecule has 0 aliphatic heterocycles. The molecule has 0 aliphatic rings. The predicted octanol–water partition coefficient (Wildman–Crippen LogP) is 3.52. The third-order valence-electron chi connectivity index (χ3n) is 3.06. The molecule has 4 nitrogen and oxygen atoms in total. The fourth-order valence-electron chi connectivity index (χ4n) is 1.90. The fraction of sp³-hybridized carbons (Fsp3) is 0.571. The maximum atomic E-state index is 12.2. The highest BCUT2D eigenvalue weighted by Crippen LogP contribution is 2.23. The predicted molar refractivity (Wildman–Crippen MR) is 87.0 cm³/mol. The van der Waals surface area contributed by atoms with E-state index in [2.05, 4.69) is 34.5 Å². The van der Waals surface area contributed by atoms with E-state index in [1.165, 1.54) is 12.1 Å². The van der Waals surface area contributed by atoms with Gasteiger partial charge in [-0.3, -0.25) is 0 Å². The van der Waals surface area contributed by atoms with Crippen molar-refractivity contribution in [1.29, 1.82) is 0 Å². The van der Waals surface area contributed by atoms with Crippen LogP contribution < -0.4 is 10.5 Å². The standard InChI is InChI=1S/C14H23BrN2O2S/c1-10(2)5-4-6-11(3)17-20(18,19)12-7-8-14(16)13(15)9-12/h7-11,17H,4-6,16H2,1-3H3. The number of rotatable bonds is 7. The summed E-state index contributed by atoms with van der Waals surface area (Å²) in [6.07, 6.45) is 2.97. The Morgan fingerprint density at radius 3 is 2.45 bits per heavy atom.